The van der Waals surface area contributed by atoms with Gasteiger partial charge in [0.05, 0.1) is 17.9 Å². The first-order valence-electron chi connectivity index (χ1n) is 7.58. The van der Waals surface area contributed by atoms with Gasteiger partial charge in [0, 0.05) is 17.5 Å². The molecular formula is C18H17FN4O. The van der Waals surface area contributed by atoms with Gasteiger partial charge >= 0.3 is 0 Å². The van der Waals surface area contributed by atoms with Gasteiger partial charge < -0.3 is 5.32 Å². The van der Waals surface area contributed by atoms with Gasteiger partial charge in [-0.1, -0.05) is 6.07 Å². The van der Waals surface area contributed by atoms with Crippen molar-refractivity contribution in [1.82, 2.24) is 20.1 Å². The highest BCUT2D eigenvalue weighted by molar-refractivity contribution is 5.92. The summed E-state index contributed by atoms with van der Waals surface area (Å²) in [6.07, 6.45) is 3.29. The van der Waals surface area contributed by atoms with E-state index in [1.165, 1.54) is 12.1 Å². The Morgan fingerprint density at radius 2 is 1.96 bits per heavy atom. The summed E-state index contributed by atoms with van der Waals surface area (Å²) in [6, 6.07) is 11.1. The minimum Gasteiger partial charge on any atom is -0.344 e. The fourth-order valence-corrected chi connectivity index (χ4v) is 2.54. The Hall–Kier alpha value is -3.02. The smallest absolute Gasteiger partial charge is 0.270 e. The lowest BCUT2D eigenvalue weighted by Gasteiger charge is -2.14. The molecule has 0 saturated heterocycles. The highest BCUT2D eigenvalue weighted by Crippen LogP contribution is 2.20. The van der Waals surface area contributed by atoms with Crippen LogP contribution in [-0.4, -0.2) is 20.7 Å². The van der Waals surface area contributed by atoms with Gasteiger partial charge in [-0.3, -0.25) is 9.78 Å². The van der Waals surface area contributed by atoms with Crippen LogP contribution in [0.25, 0.3) is 5.69 Å². The van der Waals surface area contributed by atoms with Crippen molar-refractivity contribution in [2.45, 2.75) is 19.9 Å². The molecule has 24 heavy (non-hydrogen) atoms. The van der Waals surface area contributed by atoms with E-state index in [1.54, 1.807) is 47.4 Å². The third-order valence-electron chi connectivity index (χ3n) is 3.83. The molecule has 1 aromatic carbocycles. The van der Waals surface area contributed by atoms with Crippen molar-refractivity contribution >= 4 is 5.91 Å². The summed E-state index contributed by atoms with van der Waals surface area (Å²) in [5.41, 5.74) is 2.91. The second-order valence-electron chi connectivity index (χ2n) is 5.48. The maximum Gasteiger partial charge on any atom is 0.270 e. The largest absolute Gasteiger partial charge is 0.344 e. The summed E-state index contributed by atoms with van der Waals surface area (Å²) in [5, 5.41) is 7.26. The number of halogens is 1. The van der Waals surface area contributed by atoms with E-state index >= 15 is 0 Å². The molecule has 3 aromatic rings. The molecule has 0 fully saturated rings. The minimum atomic E-state index is -0.292. The van der Waals surface area contributed by atoms with E-state index < -0.39 is 0 Å². The van der Waals surface area contributed by atoms with Gasteiger partial charge in [0.1, 0.15) is 11.5 Å². The summed E-state index contributed by atoms with van der Waals surface area (Å²) < 4.78 is 14.8. The van der Waals surface area contributed by atoms with Crippen LogP contribution in [0.4, 0.5) is 4.39 Å². The molecule has 3 rings (SSSR count). The molecule has 0 aliphatic heterocycles. The summed E-state index contributed by atoms with van der Waals surface area (Å²) in [4.78, 5) is 16.3. The summed E-state index contributed by atoms with van der Waals surface area (Å²) in [6.45, 7) is 3.80. The van der Waals surface area contributed by atoms with E-state index in [-0.39, 0.29) is 17.8 Å². The monoisotopic (exact) mass is 324 g/mol. The Kier molecular flexibility index (Phi) is 4.37. The molecule has 2 heterocycles. The van der Waals surface area contributed by atoms with Crippen molar-refractivity contribution in [1.29, 1.82) is 0 Å². The van der Waals surface area contributed by atoms with Gasteiger partial charge in [0.25, 0.3) is 5.91 Å². The van der Waals surface area contributed by atoms with Gasteiger partial charge in [0.2, 0.25) is 0 Å². The van der Waals surface area contributed by atoms with E-state index in [2.05, 4.69) is 15.4 Å². The number of nitrogens with zero attached hydrogens (tertiary/aromatic N) is 3. The van der Waals surface area contributed by atoms with Crippen molar-refractivity contribution in [3.05, 3.63) is 77.6 Å². The highest BCUT2D eigenvalue weighted by Gasteiger charge is 2.17. The number of rotatable bonds is 4. The third kappa shape index (κ3) is 3.17. The molecule has 1 amide bonds. The summed E-state index contributed by atoms with van der Waals surface area (Å²) in [5.74, 6) is -0.531. The topological polar surface area (TPSA) is 59.8 Å². The number of amides is 1. The average Bonchev–Trinajstić information content (AvgIpc) is 2.98. The molecule has 0 aliphatic rings. The Morgan fingerprint density at radius 3 is 2.62 bits per heavy atom. The number of carbonyl (C=O) groups is 1. The highest BCUT2D eigenvalue weighted by atomic mass is 19.1. The lowest BCUT2D eigenvalue weighted by atomic mass is 10.1. The van der Waals surface area contributed by atoms with Gasteiger partial charge in [-0.15, -0.1) is 0 Å². The first-order chi connectivity index (χ1) is 11.6. The first-order valence-corrected chi connectivity index (χ1v) is 7.58. The van der Waals surface area contributed by atoms with E-state index in [4.69, 9.17) is 0 Å². The molecule has 0 spiro atoms. The fourth-order valence-electron chi connectivity index (χ4n) is 2.54. The Morgan fingerprint density at radius 1 is 1.21 bits per heavy atom. The Balaban J connectivity index is 1.80. The first kappa shape index (κ1) is 15.9. The van der Waals surface area contributed by atoms with Crippen LogP contribution in [0.2, 0.25) is 0 Å². The summed E-state index contributed by atoms with van der Waals surface area (Å²) >= 11 is 0. The zero-order valence-electron chi connectivity index (χ0n) is 13.4. The third-order valence-corrected chi connectivity index (χ3v) is 3.83. The SMILES string of the molecule is Cc1c(C(C)NC(=O)c2ccccn2)cnn1-c1ccc(F)cc1. The molecular weight excluding hydrogens is 307 g/mol. The predicted octanol–water partition coefficient (Wildman–Crippen LogP) is 3.21. The molecule has 0 bridgehead atoms. The lowest BCUT2D eigenvalue weighted by molar-refractivity contribution is 0.0935. The normalized spacial score (nSPS) is 12.0. The van der Waals surface area contributed by atoms with Crippen LogP contribution in [0, 0.1) is 12.7 Å². The van der Waals surface area contributed by atoms with Crippen molar-refractivity contribution in [2.24, 2.45) is 0 Å². The molecule has 6 heteroatoms. The van der Waals surface area contributed by atoms with Crippen LogP contribution in [-0.2, 0) is 0 Å². The molecule has 122 valence electrons. The molecule has 1 N–H and O–H groups in total. The van der Waals surface area contributed by atoms with Crippen molar-refractivity contribution in [2.75, 3.05) is 0 Å². The van der Waals surface area contributed by atoms with Gasteiger partial charge in [-0.2, -0.15) is 5.10 Å². The quantitative estimate of drug-likeness (QED) is 0.802. The van der Waals surface area contributed by atoms with Crippen LogP contribution in [0.1, 0.15) is 34.7 Å². The average molecular weight is 324 g/mol. The van der Waals surface area contributed by atoms with Crippen molar-refractivity contribution < 1.29 is 9.18 Å². The van der Waals surface area contributed by atoms with Crippen LogP contribution < -0.4 is 5.32 Å². The number of hydrogen-bond donors (Lipinski definition) is 1. The van der Waals surface area contributed by atoms with E-state index in [0.717, 1.165) is 16.9 Å². The number of nitrogens with one attached hydrogen (secondary N) is 1. The van der Waals surface area contributed by atoms with Gasteiger partial charge in [0.15, 0.2) is 0 Å². The number of carbonyl (C=O) groups excluding carboxylic acids is 1. The fraction of sp³-hybridized carbons (Fsp3) is 0.167. The van der Waals surface area contributed by atoms with Gasteiger partial charge in [-0.25, -0.2) is 9.07 Å². The Labute approximate surface area is 139 Å². The maximum atomic E-state index is 13.1. The number of pyridine rings is 1. The maximum absolute atomic E-state index is 13.1. The number of benzene rings is 1. The molecule has 0 saturated carbocycles. The van der Waals surface area contributed by atoms with Crippen LogP contribution in [0.3, 0.4) is 0 Å². The number of hydrogen-bond acceptors (Lipinski definition) is 3. The zero-order chi connectivity index (χ0) is 17.1. The molecule has 0 radical (unpaired) electrons. The Bertz CT molecular complexity index is 843. The van der Waals surface area contributed by atoms with E-state index in [1.807, 2.05) is 13.8 Å². The van der Waals surface area contributed by atoms with Crippen molar-refractivity contribution in [3.8, 4) is 5.69 Å². The predicted molar refractivity (Wildman–Crippen MR) is 88.4 cm³/mol. The van der Waals surface area contributed by atoms with E-state index in [9.17, 15) is 9.18 Å². The molecule has 5 nitrogen and oxygen atoms in total. The molecule has 2 aromatic heterocycles. The lowest BCUT2D eigenvalue weighted by Crippen LogP contribution is -2.27. The van der Waals surface area contributed by atoms with E-state index in [0.29, 0.717) is 5.69 Å². The summed E-state index contributed by atoms with van der Waals surface area (Å²) in [7, 11) is 0. The van der Waals surface area contributed by atoms with Crippen LogP contribution >= 0.6 is 0 Å². The molecule has 1 unspecified atom stereocenters. The standard InChI is InChI=1S/C18H17FN4O/c1-12(22-18(24)17-5-3-4-10-20-17)16-11-21-23(13(16)2)15-8-6-14(19)7-9-15/h3-12H,1-2H3,(H,22,24). The molecule has 1 atom stereocenters. The zero-order valence-corrected chi connectivity index (χ0v) is 13.4. The van der Waals surface area contributed by atoms with Crippen molar-refractivity contribution in [3.63, 3.8) is 0 Å². The minimum absolute atomic E-state index is 0.228. The molecule has 0 aliphatic carbocycles. The second kappa shape index (κ2) is 6.62. The van der Waals surface area contributed by atoms with Gasteiger partial charge in [-0.05, 0) is 50.2 Å². The van der Waals surface area contributed by atoms with Crippen LogP contribution in [0.5, 0.6) is 0 Å². The second-order valence-corrected chi connectivity index (χ2v) is 5.48. The van der Waals surface area contributed by atoms with Crippen LogP contribution in [0.15, 0.2) is 54.9 Å². The number of aromatic nitrogens is 3.